The molecule has 0 heterocycles. The zero-order valence-electron chi connectivity index (χ0n) is 10.9. The molecule has 0 aliphatic heterocycles. The maximum Gasteiger partial charge on any atom is 0.180 e. The van der Waals surface area contributed by atoms with Crippen molar-refractivity contribution < 1.29 is 8.42 Å². The van der Waals surface area contributed by atoms with Crippen molar-refractivity contribution in [2.75, 3.05) is 26.4 Å². The molecule has 3 nitrogen and oxygen atoms in total. The third kappa shape index (κ3) is 3.16. The number of fused-ring (bicyclic) bond motifs is 1. The van der Waals surface area contributed by atoms with Crippen LogP contribution in [-0.4, -0.2) is 39.7 Å². The van der Waals surface area contributed by atoms with Gasteiger partial charge in [0.1, 0.15) is 0 Å². The summed E-state index contributed by atoms with van der Waals surface area (Å²) < 4.78 is 25.8. The Balaban J connectivity index is 2.54. The molecular formula is C14H16BrNO2S. The number of rotatable bonds is 4. The Hall–Kier alpha value is -0.910. The van der Waals surface area contributed by atoms with E-state index in [2.05, 4.69) is 15.9 Å². The summed E-state index contributed by atoms with van der Waals surface area (Å²) in [5, 5.41) is 1.70. The SMILES string of the molecule is CN(C)CCS(=O)(=O)c1ccc(Br)c2ccccc12. The second-order valence-corrected chi connectivity index (χ2v) is 7.65. The van der Waals surface area contributed by atoms with Crippen molar-refractivity contribution in [3.05, 3.63) is 40.9 Å². The summed E-state index contributed by atoms with van der Waals surface area (Å²) in [4.78, 5) is 2.28. The van der Waals surface area contributed by atoms with E-state index in [1.165, 1.54) is 0 Å². The lowest BCUT2D eigenvalue weighted by atomic mass is 10.1. The molecule has 0 bridgehead atoms. The molecule has 2 rings (SSSR count). The number of hydrogen-bond donors (Lipinski definition) is 0. The topological polar surface area (TPSA) is 37.4 Å². The van der Waals surface area contributed by atoms with Crippen LogP contribution in [0.1, 0.15) is 0 Å². The third-order valence-electron chi connectivity index (χ3n) is 2.97. The average molecular weight is 342 g/mol. The van der Waals surface area contributed by atoms with Gasteiger partial charge in [0.25, 0.3) is 0 Å². The van der Waals surface area contributed by atoms with Gasteiger partial charge < -0.3 is 4.90 Å². The maximum absolute atomic E-state index is 12.4. The first-order valence-corrected chi connectivity index (χ1v) is 8.41. The largest absolute Gasteiger partial charge is 0.308 e. The summed E-state index contributed by atoms with van der Waals surface area (Å²) in [5.74, 6) is 0.131. The van der Waals surface area contributed by atoms with Crippen LogP contribution in [0, 0.1) is 0 Å². The van der Waals surface area contributed by atoms with E-state index in [0.29, 0.717) is 11.4 Å². The number of benzene rings is 2. The molecule has 2 aromatic rings. The monoisotopic (exact) mass is 341 g/mol. The molecule has 0 saturated heterocycles. The highest BCUT2D eigenvalue weighted by molar-refractivity contribution is 9.10. The maximum atomic E-state index is 12.4. The molecule has 0 unspecified atom stereocenters. The summed E-state index contributed by atoms with van der Waals surface area (Å²) >= 11 is 3.46. The van der Waals surface area contributed by atoms with Gasteiger partial charge in [0.2, 0.25) is 0 Å². The van der Waals surface area contributed by atoms with E-state index >= 15 is 0 Å². The molecule has 0 spiro atoms. The van der Waals surface area contributed by atoms with E-state index in [1.54, 1.807) is 12.1 Å². The van der Waals surface area contributed by atoms with Crippen LogP contribution in [0.2, 0.25) is 0 Å². The van der Waals surface area contributed by atoms with Crippen molar-refractivity contribution in [1.82, 2.24) is 4.90 Å². The number of sulfone groups is 1. The standard InChI is InChI=1S/C14H16BrNO2S/c1-16(2)9-10-19(17,18)14-8-7-13(15)11-5-3-4-6-12(11)14/h3-8H,9-10H2,1-2H3. The van der Waals surface area contributed by atoms with Gasteiger partial charge >= 0.3 is 0 Å². The molecule has 0 atom stereocenters. The smallest absolute Gasteiger partial charge is 0.180 e. The van der Waals surface area contributed by atoms with Crippen LogP contribution in [0.25, 0.3) is 10.8 Å². The summed E-state index contributed by atoms with van der Waals surface area (Å²) in [5.41, 5.74) is 0. The fourth-order valence-corrected chi connectivity index (χ4v) is 4.01. The van der Waals surface area contributed by atoms with Crippen molar-refractivity contribution in [2.24, 2.45) is 0 Å². The molecule has 2 aromatic carbocycles. The first kappa shape index (κ1) is 14.5. The van der Waals surface area contributed by atoms with E-state index in [1.807, 2.05) is 43.3 Å². The Labute approximate surface area is 122 Å². The highest BCUT2D eigenvalue weighted by atomic mass is 79.9. The van der Waals surface area contributed by atoms with E-state index in [0.717, 1.165) is 15.2 Å². The van der Waals surface area contributed by atoms with Gasteiger partial charge in [0.05, 0.1) is 10.6 Å². The molecule has 19 heavy (non-hydrogen) atoms. The van der Waals surface area contributed by atoms with Gasteiger partial charge in [-0.2, -0.15) is 0 Å². The van der Waals surface area contributed by atoms with Crippen molar-refractivity contribution in [3.8, 4) is 0 Å². The minimum Gasteiger partial charge on any atom is -0.308 e. The summed E-state index contributed by atoms with van der Waals surface area (Å²) in [6.45, 7) is 0.521. The lowest BCUT2D eigenvalue weighted by Gasteiger charge is -2.12. The Bertz CT molecular complexity index is 696. The van der Waals surface area contributed by atoms with E-state index in [-0.39, 0.29) is 5.75 Å². The van der Waals surface area contributed by atoms with Crippen molar-refractivity contribution >= 4 is 36.5 Å². The zero-order chi connectivity index (χ0) is 14.0. The lowest BCUT2D eigenvalue weighted by Crippen LogP contribution is -2.22. The molecule has 0 aliphatic rings. The first-order valence-electron chi connectivity index (χ1n) is 5.96. The number of halogens is 1. The molecule has 0 aliphatic carbocycles. The molecule has 0 amide bonds. The first-order chi connectivity index (χ1) is 8.92. The van der Waals surface area contributed by atoms with Crippen molar-refractivity contribution in [2.45, 2.75) is 4.90 Å². The Morgan fingerprint density at radius 2 is 1.68 bits per heavy atom. The van der Waals surface area contributed by atoms with Gasteiger partial charge in [0, 0.05) is 16.4 Å². The van der Waals surface area contributed by atoms with Crippen molar-refractivity contribution in [3.63, 3.8) is 0 Å². The predicted octanol–water partition coefficient (Wildman–Crippen LogP) is 2.94. The number of hydrogen-bond acceptors (Lipinski definition) is 3. The molecule has 0 radical (unpaired) electrons. The van der Waals surface area contributed by atoms with Gasteiger partial charge in [-0.05, 0) is 31.6 Å². The Morgan fingerprint density at radius 1 is 1.05 bits per heavy atom. The second kappa shape index (κ2) is 5.61. The van der Waals surface area contributed by atoms with Crippen molar-refractivity contribution in [1.29, 1.82) is 0 Å². The average Bonchev–Trinajstić information content (AvgIpc) is 2.37. The summed E-state index contributed by atoms with van der Waals surface area (Å²) in [6.07, 6.45) is 0. The van der Waals surface area contributed by atoms with Crippen LogP contribution in [0.3, 0.4) is 0 Å². The molecule has 0 aromatic heterocycles. The quantitative estimate of drug-likeness (QED) is 0.857. The molecule has 5 heteroatoms. The second-order valence-electron chi connectivity index (χ2n) is 4.71. The molecule has 0 fully saturated rings. The molecule has 0 saturated carbocycles. The summed E-state index contributed by atoms with van der Waals surface area (Å²) in [6, 6.07) is 11.0. The van der Waals surface area contributed by atoms with Gasteiger partial charge in [-0.3, -0.25) is 0 Å². The van der Waals surface area contributed by atoms with Crippen LogP contribution >= 0.6 is 15.9 Å². The Morgan fingerprint density at radius 3 is 2.32 bits per heavy atom. The van der Waals surface area contributed by atoms with E-state index in [9.17, 15) is 8.42 Å². The highest BCUT2D eigenvalue weighted by Crippen LogP contribution is 2.29. The summed E-state index contributed by atoms with van der Waals surface area (Å²) in [7, 11) is 0.479. The van der Waals surface area contributed by atoms with Gasteiger partial charge in [-0.25, -0.2) is 8.42 Å². The van der Waals surface area contributed by atoms with E-state index in [4.69, 9.17) is 0 Å². The van der Waals surface area contributed by atoms with Gasteiger partial charge in [-0.15, -0.1) is 0 Å². The molecule has 0 N–H and O–H groups in total. The van der Waals surface area contributed by atoms with Gasteiger partial charge in [-0.1, -0.05) is 40.2 Å². The lowest BCUT2D eigenvalue weighted by molar-refractivity contribution is 0.432. The van der Waals surface area contributed by atoms with Crippen LogP contribution in [-0.2, 0) is 9.84 Å². The zero-order valence-corrected chi connectivity index (χ0v) is 13.3. The van der Waals surface area contributed by atoms with Crippen LogP contribution in [0.15, 0.2) is 45.8 Å². The number of nitrogens with zero attached hydrogens (tertiary/aromatic N) is 1. The fraction of sp³-hybridized carbons (Fsp3) is 0.286. The predicted molar refractivity (Wildman–Crippen MR) is 82.3 cm³/mol. The van der Waals surface area contributed by atoms with Crippen LogP contribution < -0.4 is 0 Å². The molecular weight excluding hydrogens is 326 g/mol. The van der Waals surface area contributed by atoms with Gasteiger partial charge in [0.15, 0.2) is 9.84 Å². The fourth-order valence-electron chi connectivity index (χ4n) is 1.92. The minimum atomic E-state index is -3.26. The van der Waals surface area contributed by atoms with E-state index < -0.39 is 9.84 Å². The van der Waals surface area contributed by atoms with Crippen LogP contribution in [0.5, 0.6) is 0 Å². The highest BCUT2D eigenvalue weighted by Gasteiger charge is 2.18. The Kier molecular flexibility index (Phi) is 4.28. The minimum absolute atomic E-state index is 0.131. The molecule has 102 valence electrons. The van der Waals surface area contributed by atoms with Crippen LogP contribution in [0.4, 0.5) is 0 Å². The normalized spacial score (nSPS) is 12.2. The third-order valence-corrected chi connectivity index (χ3v) is 5.41.